The van der Waals surface area contributed by atoms with E-state index in [9.17, 15) is 0 Å². The van der Waals surface area contributed by atoms with Crippen molar-refractivity contribution in [2.45, 2.75) is 12.1 Å². The van der Waals surface area contributed by atoms with E-state index in [2.05, 4.69) is 13.0 Å². The molecule has 0 bridgehead atoms. The summed E-state index contributed by atoms with van der Waals surface area (Å²) in [6, 6.07) is 8.01. The Labute approximate surface area is 82.1 Å². The van der Waals surface area contributed by atoms with E-state index < -0.39 is 13.7 Å². The van der Waals surface area contributed by atoms with Gasteiger partial charge in [0, 0.05) is 0 Å². The first kappa shape index (κ1) is 9.95. The van der Waals surface area contributed by atoms with Crippen LogP contribution in [0.1, 0.15) is 6.92 Å². The Hall–Kier alpha value is -0.132. The zero-order valence-electron chi connectivity index (χ0n) is 7.25. The van der Waals surface area contributed by atoms with Gasteiger partial charge in [-0.25, -0.2) is 0 Å². The van der Waals surface area contributed by atoms with Gasteiger partial charge in [-0.2, -0.15) is 0 Å². The Morgan fingerprint density at radius 3 is 2.67 bits per heavy atom. The molecule has 0 fully saturated rings. The molecule has 0 spiro atoms. The molecule has 0 N–H and O–H groups in total. The van der Waals surface area contributed by atoms with Crippen LogP contribution in [-0.4, -0.2) is 20.8 Å². The number of benzene rings is 1. The topological polar surface area (TPSA) is 9.23 Å². The third-order valence-corrected chi connectivity index (χ3v) is 6.85. The van der Waals surface area contributed by atoms with Crippen LogP contribution in [0.3, 0.4) is 0 Å². The molecule has 0 aromatic heterocycles. The molecule has 0 heterocycles. The van der Waals surface area contributed by atoms with Gasteiger partial charge in [-0.15, -0.1) is 0 Å². The third kappa shape index (κ3) is 2.18. The number of hydrogen-bond acceptors (Lipinski definition) is 1. The summed E-state index contributed by atoms with van der Waals surface area (Å²) >= 11 is -1.31. The van der Waals surface area contributed by atoms with Gasteiger partial charge in [-0.05, 0) is 0 Å². The molecule has 1 rings (SSSR count). The molecule has 0 saturated heterocycles. The molecule has 0 aliphatic rings. The third-order valence-electron chi connectivity index (χ3n) is 1.62. The summed E-state index contributed by atoms with van der Waals surface area (Å²) in [6.07, 6.45) is 0. The normalized spacial score (nSPS) is 12.6. The Morgan fingerprint density at radius 1 is 1.42 bits per heavy atom. The molecule has 0 saturated carbocycles. The van der Waals surface area contributed by atoms with Crippen molar-refractivity contribution < 1.29 is 4.74 Å². The van der Waals surface area contributed by atoms with Crippen molar-refractivity contribution in [1.82, 2.24) is 0 Å². The van der Waals surface area contributed by atoms with Crippen LogP contribution in [0.15, 0.2) is 24.3 Å². The minimum atomic E-state index is -1.31. The molecule has 1 aromatic rings. The van der Waals surface area contributed by atoms with Crippen molar-refractivity contribution in [2.75, 3.05) is 7.11 Å². The monoisotopic (exact) mass is 246 g/mol. The van der Waals surface area contributed by atoms with E-state index in [1.54, 1.807) is 7.11 Å². The predicted octanol–water partition coefficient (Wildman–Crippen LogP) is 2.15. The van der Waals surface area contributed by atoms with Crippen LogP contribution in [0.2, 0.25) is 5.21 Å². The zero-order valence-corrected chi connectivity index (χ0v) is 9.88. The summed E-state index contributed by atoms with van der Waals surface area (Å²) in [5.41, 5.74) is 0. The Bertz CT molecular complexity index is 252. The number of para-hydroxylation sites is 1. The van der Waals surface area contributed by atoms with Crippen molar-refractivity contribution in [3.8, 4) is 5.75 Å². The van der Waals surface area contributed by atoms with Gasteiger partial charge < -0.3 is 0 Å². The summed E-state index contributed by atoms with van der Waals surface area (Å²) in [4.78, 5) is 0. The molecule has 0 aliphatic heterocycles. The van der Waals surface area contributed by atoms with Crippen molar-refractivity contribution in [3.63, 3.8) is 0 Å². The number of rotatable bonds is 3. The molecular formula is C9H12AsClO. The van der Waals surface area contributed by atoms with Crippen molar-refractivity contribution in [1.29, 1.82) is 0 Å². The molecule has 0 radical (unpaired) electrons. The second-order valence-corrected chi connectivity index (χ2v) is 8.33. The van der Waals surface area contributed by atoms with Gasteiger partial charge in [0.1, 0.15) is 0 Å². The fraction of sp³-hybridized carbons (Fsp3) is 0.333. The summed E-state index contributed by atoms with van der Waals surface area (Å²) in [5.74, 6) is 0.939. The fourth-order valence-electron chi connectivity index (χ4n) is 1.00. The first-order valence-electron chi connectivity index (χ1n) is 3.86. The van der Waals surface area contributed by atoms with Crippen LogP contribution in [0.5, 0.6) is 5.75 Å². The fourth-order valence-corrected chi connectivity index (χ4v) is 3.81. The van der Waals surface area contributed by atoms with Gasteiger partial charge >= 0.3 is 82.0 Å². The molecule has 3 heteroatoms. The number of halogens is 1. The van der Waals surface area contributed by atoms with Gasteiger partial charge in [0.15, 0.2) is 0 Å². The van der Waals surface area contributed by atoms with Gasteiger partial charge in [-0.1, -0.05) is 0 Å². The SMILES string of the molecule is CC[As](Cl)c1ccccc1OC. The summed E-state index contributed by atoms with van der Waals surface area (Å²) < 4.78 is 6.44. The average molecular weight is 247 g/mol. The van der Waals surface area contributed by atoms with Crippen LogP contribution in [0, 0.1) is 0 Å². The number of hydrogen-bond donors (Lipinski definition) is 0. The summed E-state index contributed by atoms with van der Waals surface area (Å²) in [5, 5.41) is 1.06. The molecule has 12 heavy (non-hydrogen) atoms. The molecule has 0 aliphatic carbocycles. The minimum absolute atomic E-state index is 0.939. The van der Waals surface area contributed by atoms with E-state index in [1.807, 2.05) is 18.2 Å². The van der Waals surface area contributed by atoms with Gasteiger partial charge in [0.2, 0.25) is 0 Å². The van der Waals surface area contributed by atoms with Crippen LogP contribution in [-0.2, 0) is 0 Å². The van der Waals surface area contributed by atoms with Crippen LogP contribution < -0.4 is 9.09 Å². The molecule has 1 unspecified atom stereocenters. The first-order chi connectivity index (χ1) is 5.79. The van der Waals surface area contributed by atoms with Crippen molar-refractivity contribution in [2.24, 2.45) is 0 Å². The molecular weight excluding hydrogens is 234 g/mol. The van der Waals surface area contributed by atoms with Crippen LogP contribution in [0.4, 0.5) is 0 Å². The molecule has 1 atom stereocenters. The first-order valence-corrected chi connectivity index (χ1v) is 8.59. The zero-order chi connectivity index (χ0) is 8.97. The Morgan fingerprint density at radius 2 is 2.08 bits per heavy atom. The van der Waals surface area contributed by atoms with Gasteiger partial charge in [0.25, 0.3) is 0 Å². The second kappa shape index (κ2) is 4.79. The van der Waals surface area contributed by atoms with Crippen LogP contribution in [0.25, 0.3) is 0 Å². The quantitative estimate of drug-likeness (QED) is 0.743. The van der Waals surface area contributed by atoms with E-state index in [0.29, 0.717) is 0 Å². The summed E-state index contributed by atoms with van der Waals surface area (Å²) in [7, 11) is 7.93. The van der Waals surface area contributed by atoms with E-state index in [1.165, 1.54) is 4.35 Å². The maximum absolute atomic E-state index is 6.24. The van der Waals surface area contributed by atoms with Crippen molar-refractivity contribution in [3.05, 3.63) is 24.3 Å². The molecule has 66 valence electrons. The van der Waals surface area contributed by atoms with Gasteiger partial charge in [-0.3, -0.25) is 0 Å². The number of methoxy groups -OCH3 is 1. The van der Waals surface area contributed by atoms with E-state index in [0.717, 1.165) is 11.0 Å². The Balaban J connectivity index is 2.96. The second-order valence-electron chi connectivity index (χ2n) is 2.35. The summed E-state index contributed by atoms with van der Waals surface area (Å²) in [6.45, 7) is 2.12. The average Bonchev–Trinajstić information content (AvgIpc) is 2.16. The predicted molar refractivity (Wildman–Crippen MR) is 54.7 cm³/mol. The molecule has 1 aromatic carbocycles. The standard InChI is InChI=1S/C9H12AsClO/c1-3-10(11)8-6-4-5-7-9(8)12-2/h4-7H,3H2,1-2H3. The van der Waals surface area contributed by atoms with E-state index >= 15 is 0 Å². The number of ether oxygens (including phenoxy) is 1. The molecule has 0 amide bonds. The van der Waals surface area contributed by atoms with Crippen LogP contribution >= 0.6 is 9.95 Å². The van der Waals surface area contributed by atoms with E-state index in [-0.39, 0.29) is 0 Å². The maximum atomic E-state index is 6.24. The van der Waals surface area contributed by atoms with Crippen molar-refractivity contribution >= 4 is 28.0 Å². The Kier molecular flexibility index (Phi) is 3.97. The van der Waals surface area contributed by atoms with E-state index in [4.69, 9.17) is 14.7 Å². The van der Waals surface area contributed by atoms with Gasteiger partial charge in [0.05, 0.1) is 0 Å². The molecule has 1 nitrogen and oxygen atoms in total.